The van der Waals surface area contributed by atoms with Crippen LogP contribution < -0.4 is 10.1 Å². The molecule has 0 heterocycles. The maximum Gasteiger partial charge on any atom is 0.147 e. The predicted molar refractivity (Wildman–Crippen MR) is 88.8 cm³/mol. The van der Waals surface area contributed by atoms with Gasteiger partial charge in [-0.1, -0.05) is 20.3 Å². The fraction of sp³-hybridized carbons (Fsp3) is 0.600. The van der Waals surface area contributed by atoms with Gasteiger partial charge in [-0.3, -0.25) is 0 Å². The highest BCUT2D eigenvalue weighted by atomic mass is 79.9. The SMILES string of the molecule is CCOc1c(Br)cc(CNC(C)C(C)CC)cc1Br. The maximum absolute atomic E-state index is 5.59. The molecule has 0 aliphatic rings. The first-order valence-corrected chi connectivity index (χ1v) is 8.42. The molecule has 0 aromatic heterocycles. The Kier molecular flexibility index (Phi) is 7.40. The fourth-order valence-corrected chi connectivity index (χ4v) is 3.34. The van der Waals surface area contributed by atoms with Gasteiger partial charge >= 0.3 is 0 Å². The van der Waals surface area contributed by atoms with Crippen LogP contribution in [-0.4, -0.2) is 12.6 Å². The quantitative estimate of drug-likeness (QED) is 0.693. The second kappa shape index (κ2) is 8.28. The molecule has 0 radical (unpaired) electrons. The van der Waals surface area contributed by atoms with Crippen LogP contribution in [0.1, 0.15) is 39.7 Å². The summed E-state index contributed by atoms with van der Waals surface area (Å²) in [5, 5.41) is 3.57. The fourth-order valence-electron chi connectivity index (χ4n) is 1.83. The molecule has 4 heteroatoms. The molecule has 1 aromatic carbocycles. The molecule has 0 spiro atoms. The van der Waals surface area contributed by atoms with Gasteiger partial charge in [-0.2, -0.15) is 0 Å². The average molecular weight is 393 g/mol. The Labute approximate surface area is 133 Å². The van der Waals surface area contributed by atoms with Gasteiger partial charge < -0.3 is 10.1 Å². The van der Waals surface area contributed by atoms with Crippen molar-refractivity contribution in [3.05, 3.63) is 26.6 Å². The Morgan fingerprint density at radius 3 is 2.21 bits per heavy atom. The van der Waals surface area contributed by atoms with Crippen LogP contribution in [0.15, 0.2) is 21.1 Å². The van der Waals surface area contributed by atoms with E-state index in [0.717, 1.165) is 21.2 Å². The maximum atomic E-state index is 5.59. The molecule has 0 saturated carbocycles. The minimum absolute atomic E-state index is 0.522. The number of benzene rings is 1. The van der Waals surface area contributed by atoms with Gasteiger partial charge in [0.25, 0.3) is 0 Å². The summed E-state index contributed by atoms with van der Waals surface area (Å²) in [6, 6.07) is 4.76. The minimum atomic E-state index is 0.522. The number of ether oxygens (including phenoxy) is 1. The molecule has 0 saturated heterocycles. The lowest BCUT2D eigenvalue weighted by atomic mass is 10.0. The van der Waals surface area contributed by atoms with Crippen LogP contribution in [0, 0.1) is 5.92 Å². The predicted octanol–water partition coefficient (Wildman–Crippen LogP) is 5.13. The molecule has 2 nitrogen and oxygen atoms in total. The van der Waals surface area contributed by atoms with Gasteiger partial charge in [-0.05, 0) is 69.3 Å². The topological polar surface area (TPSA) is 21.3 Å². The molecular formula is C15H23Br2NO. The van der Waals surface area contributed by atoms with Crippen molar-refractivity contribution in [1.29, 1.82) is 0 Å². The first-order valence-electron chi connectivity index (χ1n) is 6.83. The zero-order valence-corrected chi connectivity index (χ0v) is 15.3. The Balaban J connectivity index is 2.70. The van der Waals surface area contributed by atoms with Crippen LogP contribution in [-0.2, 0) is 6.54 Å². The molecule has 1 aromatic rings. The Morgan fingerprint density at radius 2 is 1.74 bits per heavy atom. The minimum Gasteiger partial charge on any atom is -0.492 e. The van der Waals surface area contributed by atoms with Gasteiger partial charge in [0.05, 0.1) is 15.6 Å². The summed E-state index contributed by atoms with van der Waals surface area (Å²) in [4.78, 5) is 0. The summed E-state index contributed by atoms with van der Waals surface area (Å²) in [7, 11) is 0. The van der Waals surface area contributed by atoms with Crippen molar-refractivity contribution in [2.45, 2.75) is 46.7 Å². The molecule has 0 aliphatic heterocycles. The summed E-state index contributed by atoms with van der Waals surface area (Å²) in [6.07, 6.45) is 1.20. The molecule has 1 N–H and O–H groups in total. The zero-order valence-electron chi connectivity index (χ0n) is 12.1. The summed E-state index contributed by atoms with van der Waals surface area (Å²) >= 11 is 7.13. The monoisotopic (exact) mass is 391 g/mol. The van der Waals surface area contributed by atoms with Crippen LogP contribution in [0.25, 0.3) is 0 Å². The van der Waals surface area contributed by atoms with E-state index in [1.54, 1.807) is 0 Å². The highest BCUT2D eigenvalue weighted by Crippen LogP contribution is 2.34. The van der Waals surface area contributed by atoms with Crippen LogP contribution in [0.4, 0.5) is 0 Å². The number of hydrogen-bond acceptors (Lipinski definition) is 2. The third-order valence-corrected chi connectivity index (χ3v) is 4.65. The van der Waals surface area contributed by atoms with Gasteiger partial charge in [-0.15, -0.1) is 0 Å². The standard InChI is InChI=1S/C15H23Br2NO/c1-5-10(3)11(4)18-9-12-7-13(16)15(19-6-2)14(17)8-12/h7-8,10-11,18H,5-6,9H2,1-4H3. The summed E-state index contributed by atoms with van der Waals surface area (Å²) in [6.45, 7) is 10.3. The lowest BCUT2D eigenvalue weighted by Gasteiger charge is -2.20. The van der Waals surface area contributed by atoms with E-state index >= 15 is 0 Å². The molecule has 1 rings (SSSR count). The summed E-state index contributed by atoms with van der Waals surface area (Å²) in [5.41, 5.74) is 1.25. The van der Waals surface area contributed by atoms with E-state index in [2.05, 4.69) is 70.1 Å². The summed E-state index contributed by atoms with van der Waals surface area (Å²) < 4.78 is 7.58. The second-order valence-electron chi connectivity index (χ2n) is 4.88. The van der Waals surface area contributed by atoms with Crippen LogP contribution in [0.5, 0.6) is 5.75 Å². The van der Waals surface area contributed by atoms with Gasteiger partial charge in [0, 0.05) is 12.6 Å². The van der Waals surface area contributed by atoms with E-state index < -0.39 is 0 Å². The number of hydrogen-bond donors (Lipinski definition) is 1. The largest absolute Gasteiger partial charge is 0.492 e. The number of rotatable bonds is 7. The van der Waals surface area contributed by atoms with Gasteiger partial charge in [0.15, 0.2) is 0 Å². The van der Waals surface area contributed by atoms with Crippen LogP contribution in [0.2, 0.25) is 0 Å². The van der Waals surface area contributed by atoms with E-state index in [9.17, 15) is 0 Å². The van der Waals surface area contributed by atoms with Crippen molar-refractivity contribution in [2.75, 3.05) is 6.61 Å². The van der Waals surface area contributed by atoms with E-state index in [1.165, 1.54) is 12.0 Å². The molecule has 108 valence electrons. The van der Waals surface area contributed by atoms with Gasteiger partial charge in [0.2, 0.25) is 0 Å². The van der Waals surface area contributed by atoms with E-state index in [-0.39, 0.29) is 0 Å². The second-order valence-corrected chi connectivity index (χ2v) is 6.59. The summed E-state index contributed by atoms with van der Waals surface area (Å²) in [5.74, 6) is 1.57. The highest BCUT2D eigenvalue weighted by molar-refractivity contribution is 9.11. The molecule has 0 bridgehead atoms. The zero-order chi connectivity index (χ0) is 14.4. The normalized spacial score (nSPS) is 14.2. The Morgan fingerprint density at radius 1 is 1.16 bits per heavy atom. The molecule has 2 unspecified atom stereocenters. The molecule has 2 atom stereocenters. The van der Waals surface area contributed by atoms with Crippen molar-refractivity contribution >= 4 is 31.9 Å². The van der Waals surface area contributed by atoms with E-state index in [0.29, 0.717) is 18.6 Å². The first-order chi connectivity index (χ1) is 8.99. The smallest absolute Gasteiger partial charge is 0.147 e. The van der Waals surface area contributed by atoms with Crippen molar-refractivity contribution in [1.82, 2.24) is 5.32 Å². The highest BCUT2D eigenvalue weighted by Gasteiger charge is 2.11. The van der Waals surface area contributed by atoms with Crippen LogP contribution in [0.3, 0.4) is 0 Å². The number of halogens is 2. The van der Waals surface area contributed by atoms with E-state index in [4.69, 9.17) is 4.74 Å². The van der Waals surface area contributed by atoms with Crippen molar-refractivity contribution in [2.24, 2.45) is 5.92 Å². The van der Waals surface area contributed by atoms with Crippen molar-refractivity contribution in [3.63, 3.8) is 0 Å². The average Bonchev–Trinajstić information content (AvgIpc) is 2.39. The van der Waals surface area contributed by atoms with Gasteiger partial charge in [-0.25, -0.2) is 0 Å². The molecule has 0 aliphatic carbocycles. The molecule has 19 heavy (non-hydrogen) atoms. The van der Waals surface area contributed by atoms with Gasteiger partial charge in [0.1, 0.15) is 5.75 Å². The Hall–Kier alpha value is -0.0600. The molecule has 0 fully saturated rings. The molecular weight excluding hydrogens is 370 g/mol. The van der Waals surface area contributed by atoms with Crippen molar-refractivity contribution < 1.29 is 4.74 Å². The number of nitrogens with one attached hydrogen (secondary N) is 1. The lowest BCUT2D eigenvalue weighted by Crippen LogP contribution is -2.31. The third kappa shape index (κ3) is 5.09. The first kappa shape index (κ1) is 17.0. The Bertz CT molecular complexity index is 386. The molecule has 0 amide bonds. The van der Waals surface area contributed by atoms with Crippen molar-refractivity contribution in [3.8, 4) is 5.75 Å². The van der Waals surface area contributed by atoms with E-state index in [1.807, 2.05) is 6.92 Å². The van der Waals surface area contributed by atoms with Crippen LogP contribution >= 0.6 is 31.9 Å². The third-order valence-electron chi connectivity index (χ3n) is 3.47. The lowest BCUT2D eigenvalue weighted by molar-refractivity contribution is 0.335.